The highest BCUT2D eigenvalue weighted by atomic mass is 35.5. The summed E-state index contributed by atoms with van der Waals surface area (Å²) >= 11 is 7.36. The Labute approximate surface area is 157 Å². The van der Waals surface area contributed by atoms with Crippen LogP contribution in [-0.4, -0.2) is 23.2 Å². The van der Waals surface area contributed by atoms with E-state index in [9.17, 15) is 9.59 Å². The molecule has 0 fully saturated rings. The number of furan rings is 1. The third-order valence-corrected chi connectivity index (χ3v) is 4.61. The number of carboxylic acid groups (broad SMARTS) is 1. The van der Waals surface area contributed by atoms with Crippen LogP contribution in [0.2, 0.25) is 5.02 Å². The molecule has 3 rings (SSSR count). The first-order valence-electron chi connectivity index (χ1n) is 7.50. The van der Waals surface area contributed by atoms with Gasteiger partial charge in [-0.05, 0) is 41.8 Å². The summed E-state index contributed by atoms with van der Waals surface area (Å²) in [5.41, 5.74) is 3.01. The summed E-state index contributed by atoms with van der Waals surface area (Å²) in [5, 5.41) is 15.0. The molecule has 2 aromatic heterocycles. The number of thiophene rings is 1. The molecule has 0 saturated carbocycles. The lowest BCUT2D eigenvalue weighted by molar-refractivity contribution is -0.120. The maximum Gasteiger partial charge on any atom is 0.337 e. The van der Waals surface area contributed by atoms with E-state index in [1.54, 1.807) is 18.2 Å². The van der Waals surface area contributed by atoms with Gasteiger partial charge in [0.05, 0.1) is 23.2 Å². The molecule has 0 spiro atoms. The Balaban J connectivity index is 1.65. The van der Waals surface area contributed by atoms with Gasteiger partial charge in [0.25, 0.3) is 0 Å². The number of benzene rings is 1. The van der Waals surface area contributed by atoms with Gasteiger partial charge in [0.15, 0.2) is 0 Å². The monoisotopic (exact) mass is 388 g/mol. The molecule has 1 aromatic carbocycles. The smallest absolute Gasteiger partial charge is 0.337 e. The molecule has 2 heterocycles. The van der Waals surface area contributed by atoms with Crippen molar-refractivity contribution in [3.05, 3.63) is 69.1 Å². The van der Waals surface area contributed by atoms with Gasteiger partial charge < -0.3 is 9.52 Å². The van der Waals surface area contributed by atoms with Gasteiger partial charge >= 0.3 is 5.97 Å². The van der Waals surface area contributed by atoms with Crippen LogP contribution in [0.1, 0.15) is 21.0 Å². The summed E-state index contributed by atoms with van der Waals surface area (Å²) in [4.78, 5) is 23.9. The molecule has 0 aliphatic carbocycles. The highest BCUT2D eigenvalue weighted by Crippen LogP contribution is 2.26. The molecule has 1 amide bonds. The van der Waals surface area contributed by atoms with Crippen molar-refractivity contribution in [2.75, 3.05) is 0 Å². The molecule has 0 radical (unpaired) electrons. The van der Waals surface area contributed by atoms with Crippen LogP contribution in [0.5, 0.6) is 0 Å². The fourth-order valence-corrected chi connectivity index (χ4v) is 3.10. The zero-order valence-corrected chi connectivity index (χ0v) is 14.9. The molecule has 26 heavy (non-hydrogen) atoms. The molecule has 0 aliphatic rings. The molecule has 0 atom stereocenters. The maximum atomic E-state index is 11.7. The molecule has 132 valence electrons. The molecular formula is C18H13ClN2O4S. The number of hydrogen-bond donors (Lipinski definition) is 2. The molecule has 0 saturated heterocycles. The molecular weight excluding hydrogens is 376 g/mol. The molecule has 2 N–H and O–H groups in total. The van der Waals surface area contributed by atoms with Crippen LogP contribution >= 0.6 is 22.9 Å². The number of nitrogens with zero attached hydrogens (tertiary/aromatic N) is 1. The normalized spacial score (nSPS) is 11.0. The van der Waals surface area contributed by atoms with E-state index in [4.69, 9.17) is 21.1 Å². The minimum atomic E-state index is -1.11. The molecule has 8 heteroatoms. The first kappa shape index (κ1) is 17.9. The third-order valence-electron chi connectivity index (χ3n) is 3.40. The van der Waals surface area contributed by atoms with Crippen molar-refractivity contribution in [3.8, 4) is 11.3 Å². The number of hydrogen-bond acceptors (Lipinski definition) is 5. The van der Waals surface area contributed by atoms with Gasteiger partial charge in [-0.3, -0.25) is 4.79 Å². The summed E-state index contributed by atoms with van der Waals surface area (Å²) in [6, 6.07) is 11.7. The van der Waals surface area contributed by atoms with Crippen molar-refractivity contribution in [1.29, 1.82) is 0 Å². The highest BCUT2D eigenvalue weighted by molar-refractivity contribution is 7.10. The van der Waals surface area contributed by atoms with Crippen molar-refractivity contribution < 1.29 is 19.1 Å². The van der Waals surface area contributed by atoms with E-state index in [-0.39, 0.29) is 22.9 Å². The van der Waals surface area contributed by atoms with E-state index in [2.05, 4.69) is 10.5 Å². The van der Waals surface area contributed by atoms with Crippen LogP contribution in [0.15, 0.2) is 57.4 Å². The Morgan fingerprint density at radius 3 is 2.85 bits per heavy atom. The Morgan fingerprint density at radius 2 is 2.12 bits per heavy atom. The fraction of sp³-hybridized carbons (Fsp3) is 0.0556. The Bertz CT molecular complexity index is 963. The van der Waals surface area contributed by atoms with Crippen molar-refractivity contribution >= 4 is 41.0 Å². The zero-order chi connectivity index (χ0) is 18.5. The SMILES string of the molecule is O=C(Cc1cccs1)N/N=C\c1ccc(-c2ccc(Cl)c(C(=O)O)c2)o1. The first-order chi connectivity index (χ1) is 12.5. The molecule has 6 nitrogen and oxygen atoms in total. The van der Waals surface area contributed by atoms with Gasteiger partial charge in [0.1, 0.15) is 11.5 Å². The Hall–Kier alpha value is -2.90. The summed E-state index contributed by atoms with van der Waals surface area (Å²) in [6.45, 7) is 0. The highest BCUT2D eigenvalue weighted by Gasteiger charge is 2.12. The van der Waals surface area contributed by atoms with Crippen molar-refractivity contribution in [3.63, 3.8) is 0 Å². The largest absolute Gasteiger partial charge is 0.478 e. The number of hydrazone groups is 1. The first-order valence-corrected chi connectivity index (χ1v) is 8.76. The predicted octanol–water partition coefficient (Wildman–Crippen LogP) is 4.05. The van der Waals surface area contributed by atoms with Gasteiger partial charge in [0.2, 0.25) is 5.91 Å². The van der Waals surface area contributed by atoms with Crippen molar-refractivity contribution in [2.24, 2.45) is 5.10 Å². The van der Waals surface area contributed by atoms with Crippen LogP contribution in [0.4, 0.5) is 0 Å². The van der Waals surface area contributed by atoms with E-state index in [1.807, 2.05) is 17.5 Å². The molecule has 0 bridgehead atoms. The van der Waals surface area contributed by atoms with Gasteiger partial charge in [-0.25, -0.2) is 10.2 Å². The van der Waals surface area contributed by atoms with Crippen molar-refractivity contribution in [2.45, 2.75) is 6.42 Å². The fourth-order valence-electron chi connectivity index (χ4n) is 2.20. The lowest BCUT2D eigenvalue weighted by atomic mass is 10.1. The number of halogens is 1. The van der Waals surface area contributed by atoms with E-state index < -0.39 is 5.97 Å². The topological polar surface area (TPSA) is 91.9 Å². The molecule has 0 aliphatic heterocycles. The van der Waals surface area contributed by atoms with Crippen LogP contribution in [0, 0.1) is 0 Å². The molecule has 3 aromatic rings. The van der Waals surface area contributed by atoms with Gasteiger partial charge in [-0.15, -0.1) is 11.3 Å². The van der Waals surface area contributed by atoms with E-state index in [0.29, 0.717) is 17.1 Å². The Morgan fingerprint density at radius 1 is 1.27 bits per heavy atom. The second kappa shape index (κ2) is 7.99. The molecule has 0 unspecified atom stereocenters. The number of aromatic carboxylic acids is 1. The second-order valence-corrected chi connectivity index (χ2v) is 6.69. The van der Waals surface area contributed by atoms with E-state index >= 15 is 0 Å². The standard InChI is InChI=1S/C18H13ClN2O4S/c19-15-5-3-11(8-14(15)18(23)24)16-6-4-12(25-16)10-20-21-17(22)9-13-2-1-7-26-13/h1-8,10H,9H2,(H,21,22)(H,23,24)/b20-10-. The zero-order valence-electron chi connectivity index (χ0n) is 13.3. The number of rotatable bonds is 6. The average molecular weight is 389 g/mol. The van der Waals surface area contributed by atoms with Crippen LogP contribution in [-0.2, 0) is 11.2 Å². The quantitative estimate of drug-likeness (QED) is 0.492. The van der Waals surface area contributed by atoms with Crippen molar-refractivity contribution in [1.82, 2.24) is 5.43 Å². The third kappa shape index (κ3) is 4.38. The summed E-state index contributed by atoms with van der Waals surface area (Å²) in [5.74, 6) is -0.447. The summed E-state index contributed by atoms with van der Waals surface area (Å²) in [6.07, 6.45) is 1.64. The van der Waals surface area contributed by atoms with Gasteiger partial charge in [0, 0.05) is 10.4 Å². The summed E-state index contributed by atoms with van der Waals surface area (Å²) in [7, 11) is 0. The predicted molar refractivity (Wildman–Crippen MR) is 99.9 cm³/mol. The van der Waals surface area contributed by atoms with E-state index in [1.165, 1.54) is 29.7 Å². The number of amides is 1. The number of carbonyl (C=O) groups is 2. The summed E-state index contributed by atoms with van der Waals surface area (Å²) < 4.78 is 5.60. The Kier molecular flexibility index (Phi) is 5.50. The minimum Gasteiger partial charge on any atom is -0.478 e. The van der Waals surface area contributed by atoms with Crippen LogP contribution in [0.3, 0.4) is 0 Å². The number of carboxylic acids is 1. The van der Waals surface area contributed by atoms with Gasteiger partial charge in [-0.1, -0.05) is 17.7 Å². The maximum absolute atomic E-state index is 11.7. The van der Waals surface area contributed by atoms with Gasteiger partial charge in [-0.2, -0.15) is 5.10 Å². The second-order valence-electron chi connectivity index (χ2n) is 5.25. The lowest BCUT2D eigenvalue weighted by Crippen LogP contribution is -2.19. The minimum absolute atomic E-state index is 0.00313. The van der Waals surface area contributed by atoms with Crippen LogP contribution in [0.25, 0.3) is 11.3 Å². The number of carbonyl (C=O) groups excluding carboxylic acids is 1. The number of nitrogens with one attached hydrogen (secondary N) is 1. The van der Waals surface area contributed by atoms with Crippen LogP contribution < -0.4 is 5.43 Å². The van der Waals surface area contributed by atoms with E-state index in [0.717, 1.165) is 4.88 Å². The lowest BCUT2D eigenvalue weighted by Gasteiger charge is -2.01. The average Bonchev–Trinajstić information content (AvgIpc) is 3.27.